The van der Waals surface area contributed by atoms with E-state index in [4.69, 9.17) is 0 Å². The second-order valence-electron chi connectivity index (χ2n) is 4.99. The summed E-state index contributed by atoms with van der Waals surface area (Å²) in [4.78, 5) is 30.0. The monoisotopic (exact) mass is 325 g/mol. The number of aryl methyl sites for hydroxylation is 1. The number of benzene rings is 1. The number of thiol groups is 1. The van der Waals surface area contributed by atoms with Gasteiger partial charge in [0.25, 0.3) is 11.5 Å². The predicted molar refractivity (Wildman–Crippen MR) is 93.3 cm³/mol. The zero-order valence-corrected chi connectivity index (χ0v) is 13.4. The fraction of sp³-hybridized carbons (Fsp3) is 0.118. The van der Waals surface area contributed by atoms with Gasteiger partial charge in [0.05, 0.1) is 5.69 Å². The number of aromatic nitrogens is 2. The molecule has 3 aromatic rings. The van der Waals surface area contributed by atoms with E-state index in [0.717, 1.165) is 5.39 Å². The summed E-state index contributed by atoms with van der Waals surface area (Å²) in [5.74, 6) is -0.454. The van der Waals surface area contributed by atoms with Crippen molar-refractivity contribution < 1.29 is 4.79 Å². The van der Waals surface area contributed by atoms with Crippen LogP contribution in [0, 0.1) is 0 Å². The summed E-state index contributed by atoms with van der Waals surface area (Å²) in [7, 11) is 0. The lowest BCUT2D eigenvalue weighted by atomic mass is 10.2. The fourth-order valence-electron chi connectivity index (χ4n) is 2.43. The van der Waals surface area contributed by atoms with Crippen molar-refractivity contribution in [3.63, 3.8) is 0 Å². The molecule has 6 heteroatoms. The molecule has 0 unspecified atom stereocenters. The number of nitrogens with one attached hydrogen (secondary N) is 1. The van der Waals surface area contributed by atoms with Gasteiger partial charge >= 0.3 is 0 Å². The number of para-hydroxylation sites is 1. The molecule has 0 atom stereocenters. The van der Waals surface area contributed by atoms with E-state index in [1.54, 1.807) is 36.5 Å². The maximum atomic E-state index is 12.6. The first-order valence-corrected chi connectivity index (χ1v) is 7.64. The summed E-state index contributed by atoms with van der Waals surface area (Å²) >= 11 is 4.30. The molecule has 0 saturated heterocycles. The average molecular weight is 325 g/mol. The highest BCUT2D eigenvalue weighted by Crippen LogP contribution is 2.19. The van der Waals surface area contributed by atoms with Crippen molar-refractivity contribution in [2.75, 3.05) is 5.32 Å². The van der Waals surface area contributed by atoms with Crippen LogP contribution in [0.15, 0.2) is 58.4 Å². The van der Waals surface area contributed by atoms with Crippen molar-refractivity contribution in [2.45, 2.75) is 18.4 Å². The lowest BCUT2D eigenvalue weighted by Crippen LogP contribution is -2.29. The van der Waals surface area contributed by atoms with E-state index in [-0.39, 0.29) is 11.1 Å². The molecule has 0 bridgehead atoms. The highest BCUT2D eigenvalue weighted by atomic mass is 32.1. The number of carbonyl (C=O) groups is 1. The smallest absolute Gasteiger partial charge is 0.265 e. The van der Waals surface area contributed by atoms with Crippen molar-refractivity contribution in [3.8, 4) is 0 Å². The molecule has 5 nitrogen and oxygen atoms in total. The quantitative estimate of drug-likeness (QED) is 0.728. The van der Waals surface area contributed by atoms with Crippen molar-refractivity contribution in [1.82, 2.24) is 9.55 Å². The number of amides is 1. The number of fused-ring (bicyclic) bond motifs is 1. The zero-order valence-electron chi connectivity index (χ0n) is 12.5. The Morgan fingerprint density at radius 3 is 2.78 bits per heavy atom. The van der Waals surface area contributed by atoms with E-state index in [1.807, 2.05) is 19.1 Å². The Balaban J connectivity index is 2.09. The predicted octanol–water partition coefficient (Wildman–Crippen LogP) is 2.96. The minimum Gasteiger partial charge on any atom is -0.321 e. The summed E-state index contributed by atoms with van der Waals surface area (Å²) in [6, 6.07) is 12.3. The van der Waals surface area contributed by atoms with Crippen molar-refractivity contribution in [1.29, 1.82) is 0 Å². The summed E-state index contributed by atoms with van der Waals surface area (Å²) < 4.78 is 1.50. The summed E-state index contributed by atoms with van der Waals surface area (Å²) in [5, 5.41) is 3.48. The topological polar surface area (TPSA) is 64.0 Å². The molecule has 0 aliphatic heterocycles. The summed E-state index contributed by atoms with van der Waals surface area (Å²) in [6.07, 6.45) is 1.63. The van der Waals surface area contributed by atoms with E-state index in [2.05, 4.69) is 22.9 Å². The highest BCUT2D eigenvalue weighted by molar-refractivity contribution is 7.80. The molecule has 1 amide bonds. The van der Waals surface area contributed by atoms with E-state index in [9.17, 15) is 9.59 Å². The van der Waals surface area contributed by atoms with Crippen LogP contribution in [0.3, 0.4) is 0 Å². The largest absolute Gasteiger partial charge is 0.321 e. The number of carbonyl (C=O) groups excluding carboxylic acids is 1. The fourth-order valence-corrected chi connectivity index (χ4v) is 2.65. The first-order chi connectivity index (χ1) is 11.1. The normalized spacial score (nSPS) is 10.7. The Kier molecular flexibility index (Phi) is 4.16. The van der Waals surface area contributed by atoms with E-state index >= 15 is 0 Å². The molecule has 0 aliphatic carbocycles. The van der Waals surface area contributed by atoms with Crippen LogP contribution in [0.4, 0.5) is 5.69 Å². The van der Waals surface area contributed by atoms with Gasteiger partial charge in [0.2, 0.25) is 0 Å². The maximum absolute atomic E-state index is 12.6. The Bertz CT molecular complexity index is 950. The molecule has 116 valence electrons. The van der Waals surface area contributed by atoms with Gasteiger partial charge in [-0.3, -0.25) is 14.2 Å². The van der Waals surface area contributed by atoms with E-state index in [1.165, 1.54) is 4.57 Å². The van der Waals surface area contributed by atoms with Gasteiger partial charge in [0.15, 0.2) is 0 Å². The van der Waals surface area contributed by atoms with Crippen molar-refractivity contribution in [2.24, 2.45) is 0 Å². The van der Waals surface area contributed by atoms with Crippen LogP contribution in [0.25, 0.3) is 11.0 Å². The molecule has 0 saturated carbocycles. The van der Waals surface area contributed by atoms with Crippen LogP contribution in [0.1, 0.15) is 17.3 Å². The van der Waals surface area contributed by atoms with Crippen LogP contribution < -0.4 is 10.9 Å². The third kappa shape index (κ3) is 2.85. The molecule has 0 aliphatic rings. The standard InChI is InChI=1S/C17H15N3O2S/c1-2-20-15-11(6-5-9-18-15)10-12(17(20)22)16(21)19-13-7-3-4-8-14(13)23/h3-10,23H,2H2,1H3,(H,19,21). The minimum absolute atomic E-state index is 0.0870. The number of hydrogen-bond donors (Lipinski definition) is 2. The molecule has 1 N–H and O–H groups in total. The summed E-state index contributed by atoms with van der Waals surface area (Å²) in [6.45, 7) is 2.29. The second-order valence-corrected chi connectivity index (χ2v) is 5.48. The second kappa shape index (κ2) is 6.26. The lowest BCUT2D eigenvalue weighted by Gasteiger charge is -2.11. The van der Waals surface area contributed by atoms with Gasteiger partial charge < -0.3 is 5.32 Å². The number of anilines is 1. The molecule has 3 rings (SSSR count). The third-order valence-corrected chi connectivity index (χ3v) is 3.95. The maximum Gasteiger partial charge on any atom is 0.265 e. The van der Waals surface area contributed by atoms with Crippen molar-refractivity contribution in [3.05, 3.63) is 64.6 Å². The number of rotatable bonds is 3. The van der Waals surface area contributed by atoms with Gasteiger partial charge in [0.1, 0.15) is 11.2 Å². The first kappa shape index (κ1) is 15.3. The zero-order chi connectivity index (χ0) is 16.4. The van der Waals surface area contributed by atoms with Crippen LogP contribution >= 0.6 is 12.6 Å². The number of hydrogen-bond acceptors (Lipinski definition) is 4. The summed E-state index contributed by atoms with van der Waals surface area (Å²) in [5.41, 5.74) is 0.873. The van der Waals surface area contributed by atoms with Crippen molar-refractivity contribution >= 4 is 35.3 Å². The van der Waals surface area contributed by atoms with Gasteiger partial charge in [0, 0.05) is 23.0 Å². The Morgan fingerprint density at radius 2 is 2.04 bits per heavy atom. The first-order valence-electron chi connectivity index (χ1n) is 7.19. The van der Waals surface area contributed by atoms with Crippen LogP contribution in [-0.2, 0) is 6.54 Å². The van der Waals surface area contributed by atoms with Crippen LogP contribution in [-0.4, -0.2) is 15.5 Å². The molecular weight excluding hydrogens is 310 g/mol. The Labute approximate surface area is 138 Å². The number of nitrogens with zero attached hydrogens (tertiary/aromatic N) is 2. The Hall–Kier alpha value is -2.60. The lowest BCUT2D eigenvalue weighted by molar-refractivity contribution is 0.102. The molecule has 23 heavy (non-hydrogen) atoms. The number of pyridine rings is 2. The van der Waals surface area contributed by atoms with Crippen LogP contribution in [0.5, 0.6) is 0 Å². The molecule has 0 fully saturated rings. The van der Waals surface area contributed by atoms with Crippen LogP contribution in [0.2, 0.25) is 0 Å². The molecule has 2 aromatic heterocycles. The minimum atomic E-state index is -0.454. The van der Waals surface area contributed by atoms with E-state index in [0.29, 0.717) is 22.8 Å². The van der Waals surface area contributed by atoms with Gasteiger partial charge in [-0.05, 0) is 37.3 Å². The van der Waals surface area contributed by atoms with Gasteiger partial charge in [-0.2, -0.15) is 0 Å². The van der Waals surface area contributed by atoms with Gasteiger partial charge in [-0.1, -0.05) is 12.1 Å². The SMILES string of the molecule is CCn1c(=O)c(C(=O)Nc2ccccc2S)cc2cccnc21. The average Bonchev–Trinajstić information content (AvgIpc) is 2.56. The van der Waals surface area contributed by atoms with Gasteiger partial charge in [-0.15, -0.1) is 12.6 Å². The molecular formula is C17H15N3O2S. The molecule has 2 heterocycles. The molecule has 0 radical (unpaired) electrons. The molecule has 0 spiro atoms. The highest BCUT2D eigenvalue weighted by Gasteiger charge is 2.16. The molecule has 1 aromatic carbocycles. The van der Waals surface area contributed by atoms with Gasteiger partial charge in [-0.25, -0.2) is 4.98 Å². The Morgan fingerprint density at radius 1 is 1.26 bits per heavy atom. The van der Waals surface area contributed by atoms with E-state index < -0.39 is 5.91 Å². The third-order valence-electron chi connectivity index (χ3n) is 3.56.